The van der Waals surface area contributed by atoms with Gasteiger partial charge >= 0.3 is 0 Å². The molecule has 1 aliphatic heterocycles. The van der Waals surface area contributed by atoms with Gasteiger partial charge in [0.15, 0.2) is 11.5 Å². The van der Waals surface area contributed by atoms with E-state index in [2.05, 4.69) is 16.3 Å². The SMILES string of the molecule is COc1cccc(C(CNC(=O)/C=C/c2cc(Cl)c(OC)c(OC)c2)N2CCCC2)c1. The van der Waals surface area contributed by atoms with Gasteiger partial charge in [-0.05, 0) is 67.4 Å². The van der Waals surface area contributed by atoms with Crippen molar-refractivity contribution in [1.82, 2.24) is 10.2 Å². The average Bonchev–Trinajstić information content (AvgIpc) is 3.32. The van der Waals surface area contributed by atoms with E-state index in [1.165, 1.54) is 26.0 Å². The van der Waals surface area contributed by atoms with Crippen LogP contribution in [0.25, 0.3) is 6.08 Å². The number of carbonyl (C=O) groups is 1. The Labute approximate surface area is 188 Å². The lowest BCUT2D eigenvalue weighted by Gasteiger charge is -2.28. The van der Waals surface area contributed by atoms with E-state index < -0.39 is 0 Å². The summed E-state index contributed by atoms with van der Waals surface area (Å²) in [7, 11) is 4.74. The van der Waals surface area contributed by atoms with Crippen LogP contribution in [0.15, 0.2) is 42.5 Å². The number of likely N-dealkylation sites (tertiary alicyclic amines) is 1. The summed E-state index contributed by atoms with van der Waals surface area (Å²) in [6.07, 6.45) is 5.56. The Balaban J connectivity index is 1.69. The summed E-state index contributed by atoms with van der Waals surface area (Å²) in [4.78, 5) is 14.9. The third kappa shape index (κ3) is 5.93. The minimum absolute atomic E-state index is 0.102. The monoisotopic (exact) mass is 444 g/mol. The summed E-state index contributed by atoms with van der Waals surface area (Å²) in [5.41, 5.74) is 1.89. The number of carbonyl (C=O) groups excluding carboxylic acids is 1. The molecule has 0 aromatic heterocycles. The molecule has 1 unspecified atom stereocenters. The van der Waals surface area contributed by atoms with Crippen LogP contribution in [0.4, 0.5) is 0 Å². The van der Waals surface area contributed by atoms with Crippen molar-refractivity contribution in [3.8, 4) is 17.2 Å². The summed E-state index contributed by atoms with van der Waals surface area (Å²) < 4.78 is 15.9. The van der Waals surface area contributed by atoms with Gasteiger partial charge in [-0.15, -0.1) is 0 Å². The van der Waals surface area contributed by atoms with Gasteiger partial charge in [0, 0.05) is 12.6 Å². The second-order valence-corrected chi connectivity index (χ2v) is 7.76. The predicted molar refractivity (Wildman–Crippen MR) is 123 cm³/mol. The summed E-state index contributed by atoms with van der Waals surface area (Å²) in [6.45, 7) is 2.57. The van der Waals surface area contributed by atoms with Crippen molar-refractivity contribution >= 4 is 23.6 Å². The van der Waals surface area contributed by atoms with E-state index in [1.54, 1.807) is 32.4 Å². The minimum Gasteiger partial charge on any atom is -0.497 e. The number of ether oxygens (including phenoxy) is 3. The minimum atomic E-state index is -0.169. The van der Waals surface area contributed by atoms with Gasteiger partial charge in [-0.3, -0.25) is 9.69 Å². The first-order valence-electron chi connectivity index (χ1n) is 10.3. The van der Waals surface area contributed by atoms with E-state index >= 15 is 0 Å². The lowest BCUT2D eigenvalue weighted by atomic mass is 10.0. The number of nitrogens with zero attached hydrogens (tertiary/aromatic N) is 1. The van der Waals surface area contributed by atoms with Gasteiger partial charge < -0.3 is 19.5 Å². The Hall–Kier alpha value is -2.70. The van der Waals surface area contributed by atoms with E-state index in [-0.39, 0.29) is 11.9 Å². The molecule has 166 valence electrons. The summed E-state index contributed by atoms with van der Waals surface area (Å²) >= 11 is 6.24. The van der Waals surface area contributed by atoms with Crippen LogP contribution < -0.4 is 19.5 Å². The van der Waals surface area contributed by atoms with Gasteiger partial charge in [-0.1, -0.05) is 23.7 Å². The number of rotatable bonds is 9. The van der Waals surface area contributed by atoms with Gasteiger partial charge in [-0.2, -0.15) is 0 Å². The Kier molecular flexibility index (Phi) is 8.20. The first-order valence-corrected chi connectivity index (χ1v) is 10.7. The van der Waals surface area contributed by atoms with Gasteiger partial charge in [0.05, 0.1) is 32.4 Å². The molecule has 1 saturated heterocycles. The van der Waals surface area contributed by atoms with Crippen LogP contribution in [0.2, 0.25) is 5.02 Å². The van der Waals surface area contributed by atoms with E-state index in [1.807, 2.05) is 18.2 Å². The molecule has 1 aliphatic rings. The Morgan fingerprint density at radius 2 is 1.90 bits per heavy atom. The second kappa shape index (κ2) is 11.1. The molecule has 0 spiro atoms. The number of methoxy groups -OCH3 is 3. The number of halogens is 1. The zero-order valence-electron chi connectivity index (χ0n) is 18.2. The fraction of sp³-hybridized carbons (Fsp3) is 0.375. The number of nitrogens with one attached hydrogen (secondary N) is 1. The lowest BCUT2D eigenvalue weighted by Crippen LogP contribution is -2.36. The first-order chi connectivity index (χ1) is 15.0. The van der Waals surface area contributed by atoms with Crippen molar-refractivity contribution in [3.05, 3.63) is 58.6 Å². The molecule has 1 N–H and O–H groups in total. The molecule has 2 aromatic carbocycles. The highest BCUT2D eigenvalue weighted by Gasteiger charge is 2.24. The van der Waals surface area contributed by atoms with E-state index in [0.717, 1.165) is 30.0 Å². The topological polar surface area (TPSA) is 60.0 Å². The van der Waals surface area contributed by atoms with Crippen molar-refractivity contribution in [2.45, 2.75) is 18.9 Å². The van der Waals surface area contributed by atoms with Crippen LogP contribution >= 0.6 is 11.6 Å². The molecule has 3 rings (SSSR count). The van der Waals surface area contributed by atoms with Gasteiger partial charge in [0.2, 0.25) is 5.91 Å². The van der Waals surface area contributed by atoms with Crippen LogP contribution in [0, 0.1) is 0 Å². The predicted octanol–water partition coefficient (Wildman–Crippen LogP) is 4.33. The third-order valence-electron chi connectivity index (χ3n) is 5.41. The van der Waals surface area contributed by atoms with Crippen LogP contribution in [0.5, 0.6) is 17.2 Å². The van der Waals surface area contributed by atoms with Crippen LogP contribution in [-0.4, -0.2) is 51.8 Å². The summed E-state index contributed by atoms with van der Waals surface area (Å²) in [6, 6.07) is 11.6. The van der Waals surface area contributed by atoms with Crippen molar-refractivity contribution in [2.24, 2.45) is 0 Å². The Morgan fingerprint density at radius 3 is 2.58 bits per heavy atom. The van der Waals surface area contributed by atoms with E-state index in [0.29, 0.717) is 23.1 Å². The molecule has 1 amide bonds. The second-order valence-electron chi connectivity index (χ2n) is 7.35. The standard InChI is InChI=1S/C24H29ClN2O4/c1-29-19-8-6-7-18(15-19)21(27-11-4-5-12-27)16-26-23(28)10-9-17-13-20(25)24(31-3)22(14-17)30-2/h6-10,13-15,21H,4-5,11-12,16H2,1-3H3,(H,26,28)/b10-9+. The molecular formula is C24H29ClN2O4. The fourth-order valence-corrected chi connectivity index (χ4v) is 4.12. The molecule has 0 bridgehead atoms. The molecule has 0 aliphatic carbocycles. The molecule has 0 radical (unpaired) electrons. The maximum absolute atomic E-state index is 12.5. The maximum atomic E-state index is 12.5. The normalized spacial score (nSPS) is 15.1. The van der Waals surface area contributed by atoms with Crippen molar-refractivity contribution in [3.63, 3.8) is 0 Å². The van der Waals surface area contributed by atoms with Crippen LogP contribution in [0.3, 0.4) is 0 Å². The molecule has 1 heterocycles. The smallest absolute Gasteiger partial charge is 0.244 e. The number of benzene rings is 2. The van der Waals surface area contributed by atoms with Gasteiger partial charge in [0.1, 0.15) is 5.75 Å². The zero-order chi connectivity index (χ0) is 22.2. The highest BCUT2D eigenvalue weighted by molar-refractivity contribution is 6.32. The number of hydrogen-bond acceptors (Lipinski definition) is 5. The average molecular weight is 445 g/mol. The number of amides is 1. The Bertz CT molecular complexity index is 926. The quantitative estimate of drug-likeness (QED) is 0.583. The molecule has 6 nitrogen and oxygen atoms in total. The molecular weight excluding hydrogens is 416 g/mol. The highest BCUT2D eigenvalue weighted by Crippen LogP contribution is 2.36. The zero-order valence-corrected chi connectivity index (χ0v) is 18.9. The lowest BCUT2D eigenvalue weighted by molar-refractivity contribution is -0.116. The maximum Gasteiger partial charge on any atom is 0.244 e. The van der Waals surface area contributed by atoms with Crippen LogP contribution in [0.1, 0.15) is 30.0 Å². The number of hydrogen-bond donors (Lipinski definition) is 1. The van der Waals surface area contributed by atoms with Crippen LogP contribution in [-0.2, 0) is 4.79 Å². The van der Waals surface area contributed by atoms with Crippen molar-refractivity contribution < 1.29 is 19.0 Å². The summed E-state index contributed by atoms with van der Waals surface area (Å²) in [5.74, 6) is 1.64. The van der Waals surface area contributed by atoms with Gasteiger partial charge in [-0.25, -0.2) is 0 Å². The van der Waals surface area contributed by atoms with Crippen molar-refractivity contribution in [2.75, 3.05) is 41.0 Å². The molecule has 7 heteroatoms. The molecule has 1 atom stereocenters. The van der Waals surface area contributed by atoms with E-state index in [9.17, 15) is 4.79 Å². The molecule has 0 saturated carbocycles. The Morgan fingerprint density at radius 1 is 1.13 bits per heavy atom. The first kappa shape index (κ1) is 23.0. The largest absolute Gasteiger partial charge is 0.497 e. The fourth-order valence-electron chi connectivity index (χ4n) is 3.82. The van der Waals surface area contributed by atoms with Gasteiger partial charge in [0.25, 0.3) is 0 Å². The molecule has 2 aromatic rings. The third-order valence-corrected chi connectivity index (χ3v) is 5.69. The van der Waals surface area contributed by atoms with E-state index in [4.69, 9.17) is 25.8 Å². The molecule has 1 fully saturated rings. The highest BCUT2D eigenvalue weighted by atomic mass is 35.5. The molecule has 31 heavy (non-hydrogen) atoms. The summed E-state index contributed by atoms with van der Waals surface area (Å²) in [5, 5.41) is 3.46. The van der Waals surface area contributed by atoms with Crippen molar-refractivity contribution in [1.29, 1.82) is 0 Å².